The molecule has 0 aliphatic heterocycles. The Hall–Kier alpha value is -1.95. The summed E-state index contributed by atoms with van der Waals surface area (Å²) >= 11 is 0. The molecule has 1 aromatic carbocycles. The van der Waals surface area contributed by atoms with Gasteiger partial charge < -0.3 is 10.2 Å². The highest BCUT2D eigenvalue weighted by Gasteiger charge is 2.22. The number of carbonyl (C=O) groups is 1. The van der Waals surface area contributed by atoms with Crippen LogP contribution < -0.4 is 0 Å². The Kier molecular flexibility index (Phi) is 2.78. The molecule has 0 aromatic heterocycles. The first kappa shape index (κ1) is 10.1. The van der Waals surface area contributed by atoms with Crippen LogP contribution in [0.5, 0.6) is 0 Å². The molecule has 14 heavy (non-hydrogen) atoms. The summed E-state index contributed by atoms with van der Waals surface area (Å²) in [5.74, 6) is -1.42. The molecule has 0 amide bonds. The number of aliphatic hydroxyl groups excluding tert-OH is 1. The van der Waals surface area contributed by atoms with E-state index in [0.717, 1.165) is 6.07 Å². The fraction of sp³-hybridized carbons (Fsp3) is 0.125. The SMILES string of the molecule is O=C(O)c1c(CO)cccc1[N+](=O)[O-]. The van der Waals surface area contributed by atoms with Crippen LogP contribution in [0.15, 0.2) is 18.2 Å². The van der Waals surface area contributed by atoms with Crippen LogP contribution >= 0.6 is 0 Å². The van der Waals surface area contributed by atoms with Gasteiger partial charge in [-0.1, -0.05) is 12.1 Å². The first-order valence-electron chi connectivity index (χ1n) is 3.68. The molecule has 0 spiro atoms. The molecule has 0 saturated heterocycles. The molecule has 0 bridgehead atoms. The van der Waals surface area contributed by atoms with Crippen LogP contribution in [-0.2, 0) is 6.61 Å². The van der Waals surface area contributed by atoms with E-state index >= 15 is 0 Å². The van der Waals surface area contributed by atoms with Gasteiger partial charge in [0.2, 0.25) is 0 Å². The van der Waals surface area contributed by atoms with Crippen molar-refractivity contribution < 1.29 is 19.9 Å². The van der Waals surface area contributed by atoms with Gasteiger partial charge in [0.15, 0.2) is 0 Å². The molecule has 0 heterocycles. The van der Waals surface area contributed by atoms with Crippen LogP contribution in [0.4, 0.5) is 5.69 Å². The van der Waals surface area contributed by atoms with E-state index in [4.69, 9.17) is 10.2 Å². The number of rotatable bonds is 3. The predicted octanol–water partition coefficient (Wildman–Crippen LogP) is 0.785. The lowest BCUT2D eigenvalue weighted by molar-refractivity contribution is -0.385. The number of aromatic carboxylic acids is 1. The van der Waals surface area contributed by atoms with E-state index in [9.17, 15) is 14.9 Å². The van der Waals surface area contributed by atoms with E-state index in [-0.39, 0.29) is 5.56 Å². The van der Waals surface area contributed by atoms with Crippen molar-refractivity contribution in [1.82, 2.24) is 0 Å². The zero-order valence-corrected chi connectivity index (χ0v) is 7.01. The van der Waals surface area contributed by atoms with Crippen LogP contribution in [-0.4, -0.2) is 21.1 Å². The van der Waals surface area contributed by atoms with Crippen LogP contribution in [0.25, 0.3) is 0 Å². The number of hydrogen-bond acceptors (Lipinski definition) is 4. The molecular weight excluding hydrogens is 190 g/mol. The summed E-state index contributed by atoms with van der Waals surface area (Å²) in [7, 11) is 0. The molecule has 6 nitrogen and oxygen atoms in total. The fourth-order valence-electron chi connectivity index (χ4n) is 1.12. The molecule has 0 aliphatic carbocycles. The molecule has 0 atom stereocenters. The quantitative estimate of drug-likeness (QED) is 0.550. The van der Waals surface area contributed by atoms with Crippen molar-refractivity contribution in [3.8, 4) is 0 Å². The van der Waals surface area contributed by atoms with Gasteiger partial charge in [-0.2, -0.15) is 0 Å². The number of hydrogen-bond donors (Lipinski definition) is 2. The van der Waals surface area contributed by atoms with Crippen LogP contribution in [0.1, 0.15) is 15.9 Å². The molecule has 0 unspecified atom stereocenters. The second-order valence-electron chi connectivity index (χ2n) is 2.53. The van der Waals surface area contributed by atoms with Gasteiger partial charge in [-0.05, 0) is 5.56 Å². The van der Waals surface area contributed by atoms with E-state index in [1.54, 1.807) is 0 Å². The number of carboxylic acids is 1. The Morgan fingerprint density at radius 1 is 1.50 bits per heavy atom. The predicted molar refractivity (Wildman–Crippen MR) is 46.0 cm³/mol. The zero-order valence-electron chi connectivity index (χ0n) is 7.01. The van der Waals surface area contributed by atoms with Crippen molar-refractivity contribution in [2.75, 3.05) is 0 Å². The average Bonchev–Trinajstić information content (AvgIpc) is 2.16. The Labute approximate surface area is 78.6 Å². The maximum absolute atomic E-state index is 10.7. The summed E-state index contributed by atoms with van der Waals surface area (Å²) < 4.78 is 0. The smallest absolute Gasteiger partial charge is 0.343 e. The topological polar surface area (TPSA) is 101 Å². The largest absolute Gasteiger partial charge is 0.477 e. The van der Waals surface area contributed by atoms with Crippen molar-refractivity contribution >= 4 is 11.7 Å². The normalized spacial score (nSPS) is 9.79. The van der Waals surface area contributed by atoms with Crippen LogP contribution in [0.2, 0.25) is 0 Å². The first-order chi connectivity index (χ1) is 6.57. The third-order valence-corrected chi connectivity index (χ3v) is 1.71. The number of nitrogens with zero attached hydrogens (tertiary/aromatic N) is 1. The van der Waals surface area contributed by atoms with E-state index in [1.807, 2.05) is 0 Å². The Morgan fingerprint density at radius 3 is 2.57 bits per heavy atom. The molecule has 0 aliphatic rings. The lowest BCUT2D eigenvalue weighted by Gasteiger charge is -2.02. The van der Waals surface area contributed by atoms with Gasteiger partial charge in [0.1, 0.15) is 5.56 Å². The van der Waals surface area contributed by atoms with E-state index in [2.05, 4.69) is 0 Å². The Balaban J connectivity index is 3.43. The summed E-state index contributed by atoms with van der Waals surface area (Å²) in [5.41, 5.74) is -0.934. The first-order valence-corrected chi connectivity index (χ1v) is 3.68. The average molecular weight is 197 g/mol. The van der Waals surface area contributed by atoms with Gasteiger partial charge >= 0.3 is 5.97 Å². The third-order valence-electron chi connectivity index (χ3n) is 1.71. The van der Waals surface area contributed by atoms with Gasteiger partial charge in [0.25, 0.3) is 5.69 Å². The molecular formula is C8H7NO5. The lowest BCUT2D eigenvalue weighted by Crippen LogP contribution is -2.06. The summed E-state index contributed by atoms with van der Waals surface area (Å²) in [4.78, 5) is 20.4. The molecule has 2 N–H and O–H groups in total. The summed E-state index contributed by atoms with van der Waals surface area (Å²) in [6, 6.07) is 3.75. The second kappa shape index (κ2) is 3.84. The van der Waals surface area contributed by atoms with Crippen molar-refractivity contribution in [1.29, 1.82) is 0 Å². The maximum atomic E-state index is 10.7. The number of nitro benzene ring substituents is 1. The highest BCUT2D eigenvalue weighted by atomic mass is 16.6. The van der Waals surface area contributed by atoms with Crippen molar-refractivity contribution in [3.05, 3.63) is 39.4 Å². The minimum absolute atomic E-state index is 0.0340. The fourth-order valence-corrected chi connectivity index (χ4v) is 1.12. The van der Waals surface area contributed by atoms with Crippen molar-refractivity contribution in [2.24, 2.45) is 0 Å². The van der Waals surface area contributed by atoms with Crippen LogP contribution in [0, 0.1) is 10.1 Å². The highest BCUT2D eigenvalue weighted by molar-refractivity contribution is 5.94. The monoisotopic (exact) mass is 197 g/mol. The van der Waals surface area contributed by atoms with E-state index < -0.39 is 28.8 Å². The number of benzene rings is 1. The third kappa shape index (κ3) is 1.69. The molecule has 1 rings (SSSR count). The molecule has 0 radical (unpaired) electrons. The molecule has 6 heteroatoms. The standard InChI is InChI=1S/C8H7NO5/c10-4-5-2-1-3-6(9(13)14)7(5)8(11)12/h1-3,10H,4H2,(H,11,12). The van der Waals surface area contributed by atoms with E-state index in [1.165, 1.54) is 12.1 Å². The lowest BCUT2D eigenvalue weighted by atomic mass is 10.1. The summed E-state index contributed by atoms with van der Waals surface area (Å²) in [5, 5.41) is 28.0. The summed E-state index contributed by atoms with van der Waals surface area (Å²) in [6.45, 7) is -0.538. The van der Waals surface area contributed by atoms with Gasteiger partial charge in [-0.3, -0.25) is 10.1 Å². The Morgan fingerprint density at radius 2 is 2.14 bits per heavy atom. The van der Waals surface area contributed by atoms with Gasteiger partial charge in [-0.25, -0.2) is 4.79 Å². The molecule has 0 saturated carbocycles. The molecule has 0 fully saturated rings. The van der Waals surface area contributed by atoms with Gasteiger partial charge in [0.05, 0.1) is 11.5 Å². The van der Waals surface area contributed by atoms with E-state index in [0.29, 0.717) is 0 Å². The molecule has 74 valence electrons. The highest BCUT2D eigenvalue weighted by Crippen LogP contribution is 2.22. The maximum Gasteiger partial charge on any atom is 0.343 e. The van der Waals surface area contributed by atoms with Crippen LogP contribution in [0.3, 0.4) is 0 Å². The Bertz CT molecular complexity index is 387. The van der Waals surface area contributed by atoms with Crippen molar-refractivity contribution in [2.45, 2.75) is 6.61 Å². The summed E-state index contributed by atoms with van der Waals surface area (Å²) in [6.07, 6.45) is 0. The number of aliphatic hydroxyl groups is 1. The number of nitro groups is 1. The minimum Gasteiger partial charge on any atom is -0.477 e. The number of carboxylic acid groups (broad SMARTS) is 1. The van der Waals surface area contributed by atoms with Gasteiger partial charge in [0, 0.05) is 6.07 Å². The van der Waals surface area contributed by atoms with Gasteiger partial charge in [-0.15, -0.1) is 0 Å². The molecule has 1 aromatic rings. The minimum atomic E-state index is -1.42. The second-order valence-corrected chi connectivity index (χ2v) is 2.53. The zero-order chi connectivity index (χ0) is 10.7. The van der Waals surface area contributed by atoms with Crippen molar-refractivity contribution in [3.63, 3.8) is 0 Å².